The van der Waals surface area contributed by atoms with Gasteiger partial charge in [-0.25, -0.2) is 0 Å². The lowest BCUT2D eigenvalue weighted by Gasteiger charge is -2.12. The van der Waals surface area contributed by atoms with E-state index in [-0.39, 0.29) is 18.4 Å². The molecule has 0 aliphatic rings. The third-order valence-electron chi connectivity index (χ3n) is 3.39. The minimum Gasteiger partial charge on any atom is -0.492 e. The molecule has 132 valence electrons. The van der Waals surface area contributed by atoms with Crippen LogP contribution >= 0.6 is 0 Å². The van der Waals surface area contributed by atoms with Crippen molar-refractivity contribution in [2.24, 2.45) is 0 Å². The number of carbonyl (C=O) groups excluding carboxylic acids is 2. The minimum absolute atomic E-state index is 0.113. The minimum atomic E-state index is -0.183. The van der Waals surface area contributed by atoms with Crippen molar-refractivity contribution in [3.63, 3.8) is 0 Å². The molecule has 0 atom stereocenters. The Balaban J connectivity index is 1.89. The second kappa shape index (κ2) is 9.32. The fourth-order valence-electron chi connectivity index (χ4n) is 2.24. The Morgan fingerprint density at radius 2 is 1.72 bits per heavy atom. The van der Waals surface area contributed by atoms with Crippen LogP contribution in [0.3, 0.4) is 0 Å². The standard InChI is InChI=1S/C19H23N3O3/c1-3-20-19(24)14-9-11-15(12-10-14)22-18(23)13-21-16-7-5-6-8-17(16)25-4-2/h5-12,21H,3-4,13H2,1-2H3,(H,20,24)(H,22,23). The van der Waals surface area contributed by atoms with Crippen LogP contribution in [0.25, 0.3) is 0 Å². The highest BCUT2D eigenvalue weighted by Gasteiger charge is 2.07. The van der Waals surface area contributed by atoms with Crippen molar-refractivity contribution < 1.29 is 14.3 Å². The topological polar surface area (TPSA) is 79.5 Å². The Bertz CT molecular complexity index is 714. The SMILES string of the molecule is CCNC(=O)c1ccc(NC(=O)CNc2ccccc2OCC)cc1. The number of rotatable bonds is 8. The van der Waals surface area contributed by atoms with Gasteiger partial charge in [-0.3, -0.25) is 9.59 Å². The third kappa shape index (κ3) is 5.53. The van der Waals surface area contributed by atoms with Crippen molar-refractivity contribution in [2.75, 3.05) is 30.3 Å². The maximum Gasteiger partial charge on any atom is 0.251 e. The van der Waals surface area contributed by atoms with Crippen molar-refractivity contribution >= 4 is 23.2 Å². The fourth-order valence-corrected chi connectivity index (χ4v) is 2.24. The molecular weight excluding hydrogens is 318 g/mol. The first kappa shape index (κ1) is 18.3. The molecule has 0 unspecified atom stereocenters. The Labute approximate surface area is 147 Å². The molecule has 2 rings (SSSR count). The normalized spacial score (nSPS) is 10.0. The lowest BCUT2D eigenvalue weighted by Crippen LogP contribution is -2.23. The number of nitrogens with one attached hydrogen (secondary N) is 3. The summed E-state index contributed by atoms with van der Waals surface area (Å²) < 4.78 is 5.51. The quantitative estimate of drug-likeness (QED) is 0.690. The average Bonchev–Trinajstić information content (AvgIpc) is 2.62. The highest BCUT2D eigenvalue weighted by molar-refractivity contribution is 5.96. The first-order chi connectivity index (χ1) is 12.1. The van der Waals surface area contributed by atoms with Crippen molar-refractivity contribution in [1.82, 2.24) is 5.32 Å². The lowest BCUT2D eigenvalue weighted by molar-refractivity contribution is -0.114. The molecule has 0 bridgehead atoms. The Morgan fingerprint density at radius 1 is 1.00 bits per heavy atom. The van der Waals surface area contributed by atoms with Crippen LogP contribution in [0.15, 0.2) is 48.5 Å². The molecule has 0 spiro atoms. The zero-order valence-corrected chi connectivity index (χ0v) is 14.5. The van der Waals surface area contributed by atoms with E-state index in [1.165, 1.54) is 0 Å². The summed E-state index contributed by atoms with van der Waals surface area (Å²) in [6.45, 7) is 5.02. The summed E-state index contributed by atoms with van der Waals surface area (Å²) in [6.07, 6.45) is 0. The van der Waals surface area contributed by atoms with Crippen molar-refractivity contribution in [2.45, 2.75) is 13.8 Å². The van der Waals surface area contributed by atoms with Gasteiger partial charge in [0.25, 0.3) is 5.91 Å². The van der Waals surface area contributed by atoms with Crippen LogP contribution in [-0.4, -0.2) is 31.5 Å². The van der Waals surface area contributed by atoms with Crippen LogP contribution in [0.2, 0.25) is 0 Å². The van der Waals surface area contributed by atoms with Gasteiger partial charge in [-0.05, 0) is 50.2 Å². The van der Waals surface area contributed by atoms with Gasteiger partial charge in [0.05, 0.1) is 18.8 Å². The molecular formula is C19H23N3O3. The van der Waals surface area contributed by atoms with Gasteiger partial charge in [0.2, 0.25) is 5.91 Å². The van der Waals surface area contributed by atoms with E-state index in [2.05, 4.69) is 16.0 Å². The Morgan fingerprint density at radius 3 is 2.40 bits per heavy atom. The number of carbonyl (C=O) groups is 2. The highest BCUT2D eigenvalue weighted by Crippen LogP contribution is 2.23. The first-order valence-electron chi connectivity index (χ1n) is 8.27. The molecule has 6 heteroatoms. The number of amides is 2. The molecule has 0 aromatic heterocycles. The molecule has 2 aromatic carbocycles. The summed E-state index contributed by atoms with van der Waals surface area (Å²) in [7, 11) is 0. The second-order valence-corrected chi connectivity index (χ2v) is 5.27. The van der Waals surface area contributed by atoms with Gasteiger partial charge in [0, 0.05) is 17.8 Å². The highest BCUT2D eigenvalue weighted by atomic mass is 16.5. The van der Waals surface area contributed by atoms with Gasteiger partial charge in [0.1, 0.15) is 5.75 Å². The molecule has 2 amide bonds. The van der Waals surface area contributed by atoms with Crippen molar-refractivity contribution in [3.05, 3.63) is 54.1 Å². The van der Waals surface area contributed by atoms with Crippen molar-refractivity contribution in [1.29, 1.82) is 0 Å². The monoisotopic (exact) mass is 341 g/mol. The van der Waals surface area contributed by atoms with Gasteiger partial charge < -0.3 is 20.7 Å². The van der Waals surface area contributed by atoms with E-state index in [4.69, 9.17) is 4.74 Å². The summed E-state index contributed by atoms with van der Waals surface area (Å²) in [5.74, 6) is 0.399. The molecule has 0 heterocycles. The van der Waals surface area contributed by atoms with E-state index in [1.807, 2.05) is 38.1 Å². The van der Waals surface area contributed by atoms with E-state index in [0.29, 0.717) is 30.2 Å². The molecule has 0 fully saturated rings. The van der Waals surface area contributed by atoms with E-state index in [0.717, 1.165) is 5.69 Å². The van der Waals surface area contributed by atoms with Crippen LogP contribution in [0.1, 0.15) is 24.2 Å². The predicted octanol–water partition coefficient (Wildman–Crippen LogP) is 2.89. The number of anilines is 2. The summed E-state index contributed by atoms with van der Waals surface area (Å²) >= 11 is 0. The van der Waals surface area contributed by atoms with Crippen LogP contribution in [0.4, 0.5) is 11.4 Å². The lowest BCUT2D eigenvalue weighted by atomic mass is 10.2. The molecule has 0 aliphatic heterocycles. The van der Waals surface area contributed by atoms with Crippen LogP contribution in [-0.2, 0) is 4.79 Å². The van der Waals surface area contributed by atoms with Gasteiger partial charge in [-0.2, -0.15) is 0 Å². The number of para-hydroxylation sites is 2. The van der Waals surface area contributed by atoms with E-state index in [9.17, 15) is 9.59 Å². The maximum absolute atomic E-state index is 12.1. The zero-order valence-electron chi connectivity index (χ0n) is 14.5. The largest absolute Gasteiger partial charge is 0.492 e. The molecule has 0 aliphatic carbocycles. The number of hydrogen-bond donors (Lipinski definition) is 3. The maximum atomic E-state index is 12.1. The van der Waals surface area contributed by atoms with Gasteiger partial charge in [0.15, 0.2) is 0 Å². The predicted molar refractivity (Wildman–Crippen MR) is 99.2 cm³/mol. The average molecular weight is 341 g/mol. The van der Waals surface area contributed by atoms with Crippen LogP contribution in [0.5, 0.6) is 5.75 Å². The molecule has 3 N–H and O–H groups in total. The summed E-state index contributed by atoms with van der Waals surface area (Å²) in [6, 6.07) is 14.2. The van der Waals surface area contributed by atoms with E-state index in [1.54, 1.807) is 24.3 Å². The molecule has 0 radical (unpaired) electrons. The summed E-state index contributed by atoms with van der Waals surface area (Å²) in [4.78, 5) is 23.8. The molecule has 6 nitrogen and oxygen atoms in total. The van der Waals surface area contributed by atoms with Crippen LogP contribution in [0, 0.1) is 0 Å². The van der Waals surface area contributed by atoms with Crippen molar-refractivity contribution in [3.8, 4) is 5.75 Å². The van der Waals surface area contributed by atoms with Crippen LogP contribution < -0.4 is 20.7 Å². The first-order valence-corrected chi connectivity index (χ1v) is 8.27. The summed E-state index contributed by atoms with van der Waals surface area (Å²) in [5.41, 5.74) is 1.97. The third-order valence-corrected chi connectivity index (χ3v) is 3.39. The number of hydrogen-bond acceptors (Lipinski definition) is 4. The molecule has 0 saturated carbocycles. The fraction of sp³-hybridized carbons (Fsp3) is 0.263. The van der Waals surface area contributed by atoms with Gasteiger partial charge >= 0.3 is 0 Å². The number of benzene rings is 2. The van der Waals surface area contributed by atoms with E-state index < -0.39 is 0 Å². The Kier molecular flexibility index (Phi) is 6.83. The molecule has 2 aromatic rings. The van der Waals surface area contributed by atoms with Gasteiger partial charge in [-0.15, -0.1) is 0 Å². The molecule has 25 heavy (non-hydrogen) atoms. The number of ether oxygens (including phenoxy) is 1. The zero-order chi connectivity index (χ0) is 18.1. The van der Waals surface area contributed by atoms with E-state index >= 15 is 0 Å². The smallest absolute Gasteiger partial charge is 0.251 e. The van der Waals surface area contributed by atoms with Gasteiger partial charge in [-0.1, -0.05) is 12.1 Å². The Hall–Kier alpha value is -3.02. The second-order valence-electron chi connectivity index (χ2n) is 5.27. The summed E-state index contributed by atoms with van der Waals surface area (Å²) in [5, 5.41) is 8.58. The molecule has 0 saturated heterocycles.